The molecule has 2 aromatic rings. The summed E-state index contributed by atoms with van der Waals surface area (Å²) in [6.07, 6.45) is 0. The Morgan fingerprint density at radius 1 is 1.29 bits per heavy atom. The largest absolute Gasteiger partial charge is 0.454 e. The number of aryl methyl sites for hydroxylation is 1. The van der Waals surface area contributed by atoms with Crippen molar-refractivity contribution < 1.29 is 18.8 Å². The highest BCUT2D eigenvalue weighted by atomic mass is 19.1. The van der Waals surface area contributed by atoms with Gasteiger partial charge in [0.15, 0.2) is 17.3 Å². The van der Waals surface area contributed by atoms with E-state index in [-0.39, 0.29) is 22.7 Å². The van der Waals surface area contributed by atoms with Gasteiger partial charge in [0.2, 0.25) is 0 Å². The Morgan fingerprint density at radius 3 is 2.62 bits per heavy atom. The Balaban J connectivity index is 2.42. The lowest BCUT2D eigenvalue weighted by molar-refractivity contribution is -0.385. The van der Waals surface area contributed by atoms with Crippen molar-refractivity contribution in [3.8, 4) is 11.5 Å². The topological polar surface area (TPSA) is 69.4 Å². The molecule has 0 N–H and O–H groups in total. The van der Waals surface area contributed by atoms with Gasteiger partial charge < -0.3 is 4.74 Å². The summed E-state index contributed by atoms with van der Waals surface area (Å²) in [5.41, 5.74) is 0.0336. The van der Waals surface area contributed by atoms with Crippen molar-refractivity contribution in [1.82, 2.24) is 0 Å². The molecule has 0 heterocycles. The number of Topliss-reactive ketones (excluding diaryl/α,β-unsaturated/α-hetero) is 1. The minimum atomic E-state index is -0.645. The molecule has 2 rings (SSSR count). The number of nitrogens with zero attached hydrogens (tertiary/aromatic N) is 1. The normalized spacial score (nSPS) is 10.2. The smallest absolute Gasteiger partial charge is 0.280 e. The predicted octanol–water partition coefficient (Wildman–Crippen LogP) is 4.04. The molecule has 0 fully saturated rings. The van der Waals surface area contributed by atoms with Crippen LogP contribution in [0.3, 0.4) is 0 Å². The molecule has 0 unspecified atom stereocenters. The Hall–Kier alpha value is -2.76. The van der Waals surface area contributed by atoms with E-state index in [4.69, 9.17) is 4.74 Å². The SMILES string of the molecule is CC(=O)c1cc(Oc2cccc(C)c2F)ccc1[N+](=O)[O-]. The van der Waals surface area contributed by atoms with Crippen LogP contribution in [0.15, 0.2) is 36.4 Å². The van der Waals surface area contributed by atoms with Crippen LogP contribution in [0.1, 0.15) is 22.8 Å². The van der Waals surface area contributed by atoms with Crippen molar-refractivity contribution in [2.45, 2.75) is 13.8 Å². The zero-order valence-corrected chi connectivity index (χ0v) is 11.4. The third kappa shape index (κ3) is 3.05. The van der Waals surface area contributed by atoms with Crippen LogP contribution >= 0.6 is 0 Å². The van der Waals surface area contributed by atoms with Gasteiger partial charge in [-0.1, -0.05) is 12.1 Å². The molecule has 0 aliphatic heterocycles. The summed E-state index contributed by atoms with van der Waals surface area (Å²) in [5, 5.41) is 10.8. The molecule has 108 valence electrons. The van der Waals surface area contributed by atoms with Gasteiger partial charge in [0, 0.05) is 6.07 Å². The van der Waals surface area contributed by atoms with Crippen LogP contribution in [0.2, 0.25) is 0 Å². The van der Waals surface area contributed by atoms with Crippen molar-refractivity contribution in [3.63, 3.8) is 0 Å². The van der Waals surface area contributed by atoms with Gasteiger partial charge in [0.1, 0.15) is 5.75 Å². The summed E-state index contributed by atoms with van der Waals surface area (Å²) in [4.78, 5) is 21.7. The second-order valence-corrected chi connectivity index (χ2v) is 4.48. The fraction of sp³-hybridized carbons (Fsp3) is 0.133. The van der Waals surface area contributed by atoms with Crippen molar-refractivity contribution in [2.24, 2.45) is 0 Å². The minimum Gasteiger partial charge on any atom is -0.454 e. The van der Waals surface area contributed by atoms with E-state index in [1.165, 1.54) is 31.2 Å². The van der Waals surface area contributed by atoms with Crippen molar-refractivity contribution in [2.75, 3.05) is 0 Å². The van der Waals surface area contributed by atoms with Crippen LogP contribution in [0.25, 0.3) is 0 Å². The summed E-state index contributed by atoms with van der Waals surface area (Å²) in [5.74, 6) is -0.814. The van der Waals surface area contributed by atoms with E-state index < -0.39 is 16.5 Å². The number of rotatable bonds is 4. The molecule has 0 bridgehead atoms. The Kier molecular flexibility index (Phi) is 3.98. The maximum atomic E-state index is 13.9. The average Bonchev–Trinajstić information content (AvgIpc) is 2.43. The van der Waals surface area contributed by atoms with Gasteiger partial charge in [-0.3, -0.25) is 14.9 Å². The number of halogens is 1. The molecule has 0 spiro atoms. The number of hydrogen-bond acceptors (Lipinski definition) is 4. The van der Waals surface area contributed by atoms with Crippen molar-refractivity contribution in [1.29, 1.82) is 0 Å². The van der Waals surface area contributed by atoms with Gasteiger partial charge in [-0.15, -0.1) is 0 Å². The number of carbonyl (C=O) groups is 1. The molecule has 0 atom stereocenters. The van der Waals surface area contributed by atoms with Crippen LogP contribution in [-0.4, -0.2) is 10.7 Å². The van der Waals surface area contributed by atoms with Gasteiger partial charge in [-0.2, -0.15) is 0 Å². The monoisotopic (exact) mass is 289 g/mol. The summed E-state index contributed by atoms with van der Waals surface area (Å²) in [6, 6.07) is 8.40. The first-order chi connectivity index (χ1) is 9.90. The number of ether oxygens (including phenoxy) is 1. The van der Waals surface area contributed by atoms with Crippen molar-refractivity contribution >= 4 is 11.5 Å². The predicted molar refractivity (Wildman–Crippen MR) is 74.3 cm³/mol. The fourth-order valence-corrected chi connectivity index (χ4v) is 1.85. The molecule has 6 heteroatoms. The zero-order valence-electron chi connectivity index (χ0n) is 11.4. The molecule has 5 nitrogen and oxygen atoms in total. The van der Waals surface area contributed by atoms with E-state index in [2.05, 4.69) is 0 Å². The van der Waals surface area contributed by atoms with Crippen LogP contribution in [0.5, 0.6) is 11.5 Å². The highest BCUT2D eigenvalue weighted by molar-refractivity contribution is 5.98. The Morgan fingerprint density at radius 2 is 2.00 bits per heavy atom. The highest BCUT2D eigenvalue weighted by Crippen LogP contribution is 2.30. The minimum absolute atomic E-state index is 0.00152. The van der Waals surface area contributed by atoms with Crippen molar-refractivity contribution in [3.05, 3.63) is 63.5 Å². The van der Waals surface area contributed by atoms with Gasteiger partial charge in [0.05, 0.1) is 10.5 Å². The number of hydrogen-bond donors (Lipinski definition) is 0. The van der Waals surface area contributed by atoms with Crippen LogP contribution in [0.4, 0.5) is 10.1 Å². The molecule has 21 heavy (non-hydrogen) atoms. The molecule has 0 aromatic heterocycles. The van der Waals surface area contributed by atoms with Gasteiger partial charge >= 0.3 is 0 Å². The summed E-state index contributed by atoms with van der Waals surface area (Å²) in [6.45, 7) is 2.82. The van der Waals surface area contributed by atoms with E-state index >= 15 is 0 Å². The molecule has 0 aliphatic carbocycles. The second-order valence-electron chi connectivity index (χ2n) is 4.48. The zero-order chi connectivity index (χ0) is 15.6. The average molecular weight is 289 g/mol. The Bertz CT molecular complexity index is 728. The van der Waals surface area contributed by atoms with E-state index in [1.54, 1.807) is 19.1 Å². The molecule has 0 aliphatic rings. The molecular weight excluding hydrogens is 277 g/mol. The Labute approximate surface area is 120 Å². The summed E-state index contributed by atoms with van der Waals surface area (Å²) in [7, 11) is 0. The summed E-state index contributed by atoms with van der Waals surface area (Å²) >= 11 is 0. The first kappa shape index (κ1) is 14.6. The number of nitro benzene ring substituents is 1. The third-order valence-corrected chi connectivity index (χ3v) is 2.93. The highest BCUT2D eigenvalue weighted by Gasteiger charge is 2.18. The standard InChI is InChI=1S/C15H12FNO4/c1-9-4-3-5-14(15(9)16)21-11-6-7-13(17(19)20)12(8-11)10(2)18/h3-8H,1-2H3. The van der Waals surface area contributed by atoms with Crippen LogP contribution in [0, 0.1) is 22.9 Å². The molecule has 0 saturated carbocycles. The quantitative estimate of drug-likeness (QED) is 0.484. The van der Waals surface area contributed by atoms with E-state index in [9.17, 15) is 19.3 Å². The first-order valence-electron chi connectivity index (χ1n) is 6.12. The van der Waals surface area contributed by atoms with Gasteiger partial charge in [0.25, 0.3) is 5.69 Å². The third-order valence-electron chi connectivity index (χ3n) is 2.93. The molecule has 0 saturated heterocycles. The first-order valence-corrected chi connectivity index (χ1v) is 6.12. The number of benzene rings is 2. The van der Waals surface area contributed by atoms with E-state index in [0.29, 0.717) is 5.56 Å². The fourth-order valence-electron chi connectivity index (χ4n) is 1.85. The molecule has 0 amide bonds. The molecule has 0 radical (unpaired) electrons. The second kappa shape index (κ2) is 5.70. The lowest BCUT2D eigenvalue weighted by atomic mass is 10.1. The van der Waals surface area contributed by atoms with Gasteiger partial charge in [-0.25, -0.2) is 4.39 Å². The van der Waals surface area contributed by atoms with E-state index in [0.717, 1.165) is 0 Å². The van der Waals surface area contributed by atoms with E-state index in [1.807, 2.05) is 0 Å². The summed E-state index contributed by atoms with van der Waals surface area (Å²) < 4.78 is 19.2. The molecular formula is C15H12FNO4. The maximum absolute atomic E-state index is 13.9. The lowest BCUT2D eigenvalue weighted by Gasteiger charge is -2.09. The van der Waals surface area contributed by atoms with Gasteiger partial charge in [-0.05, 0) is 37.6 Å². The lowest BCUT2D eigenvalue weighted by Crippen LogP contribution is -2.01. The maximum Gasteiger partial charge on any atom is 0.280 e. The molecule has 2 aromatic carbocycles. The number of ketones is 1. The van der Waals surface area contributed by atoms with Crippen LogP contribution in [-0.2, 0) is 0 Å². The number of nitro groups is 1. The number of carbonyl (C=O) groups excluding carboxylic acids is 1. The van der Waals surface area contributed by atoms with Crippen LogP contribution < -0.4 is 4.74 Å².